The summed E-state index contributed by atoms with van der Waals surface area (Å²) < 4.78 is 5.05. The Labute approximate surface area is 118 Å². The minimum Gasteiger partial charge on any atom is -0.380 e. The second kappa shape index (κ2) is 8.29. The molecule has 0 radical (unpaired) electrons. The fourth-order valence-electron chi connectivity index (χ4n) is 1.68. The summed E-state index contributed by atoms with van der Waals surface area (Å²) in [6.45, 7) is 2.69. The van der Waals surface area contributed by atoms with E-state index in [1.165, 1.54) is 7.11 Å². The molecule has 0 aliphatic rings. The molecular weight excluding hydrogens is 258 g/mol. The summed E-state index contributed by atoms with van der Waals surface area (Å²) in [6.07, 6.45) is -0.125. The van der Waals surface area contributed by atoms with Crippen LogP contribution < -0.4 is 16.4 Å². The number of nitrogens with one attached hydrogen (secondary N) is 2. The van der Waals surface area contributed by atoms with Crippen LogP contribution in [0, 0.1) is 0 Å². The standard InChI is InChI=1S/C14H21N3O3/c1-3-16-14(19)10-5-4-6-11(7-10)17-13(18)8-12(9-15)20-2/h4-7,12H,3,8-9,15H2,1-2H3,(H,16,19)(H,17,18). The van der Waals surface area contributed by atoms with Crippen LogP contribution in [-0.2, 0) is 9.53 Å². The van der Waals surface area contributed by atoms with E-state index in [9.17, 15) is 9.59 Å². The summed E-state index contributed by atoms with van der Waals surface area (Å²) >= 11 is 0. The van der Waals surface area contributed by atoms with Crippen LogP contribution >= 0.6 is 0 Å². The van der Waals surface area contributed by atoms with Crippen LogP contribution in [0.1, 0.15) is 23.7 Å². The molecule has 0 spiro atoms. The number of carbonyl (C=O) groups is 2. The number of hydrogen-bond acceptors (Lipinski definition) is 4. The average Bonchev–Trinajstić information content (AvgIpc) is 2.45. The molecule has 1 aromatic carbocycles. The van der Waals surface area contributed by atoms with Crippen molar-refractivity contribution in [3.63, 3.8) is 0 Å². The van der Waals surface area contributed by atoms with Crippen molar-refractivity contribution in [3.8, 4) is 0 Å². The van der Waals surface area contributed by atoms with E-state index >= 15 is 0 Å². The number of hydrogen-bond donors (Lipinski definition) is 3. The maximum Gasteiger partial charge on any atom is 0.251 e. The minimum absolute atomic E-state index is 0.166. The first-order chi connectivity index (χ1) is 9.60. The zero-order chi connectivity index (χ0) is 15.0. The number of methoxy groups -OCH3 is 1. The number of benzene rings is 1. The monoisotopic (exact) mass is 279 g/mol. The molecule has 2 amide bonds. The van der Waals surface area contributed by atoms with Crippen LogP contribution in [0.25, 0.3) is 0 Å². The van der Waals surface area contributed by atoms with E-state index in [0.29, 0.717) is 17.8 Å². The Kier molecular flexibility index (Phi) is 6.69. The van der Waals surface area contributed by atoms with E-state index in [1.807, 2.05) is 6.92 Å². The van der Waals surface area contributed by atoms with Gasteiger partial charge in [0.15, 0.2) is 0 Å². The first-order valence-corrected chi connectivity index (χ1v) is 6.51. The van der Waals surface area contributed by atoms with E-state index in [0.717, 1.165) is 0 Å². The van der Waals surface area contributed by atoms with Crippen molar-refractivity contribution >= 4 is 17.5 Å². The molecule has 1 unspecified atom stereocenters. The van der Waals surface area contributed by atoms with Gasteiger partial charge in [-0.2, -0.15) is 0 Å². The SMILES string of the molecule is CCNC(=O)c1cccc(NC(=O)CC(CN)OC)c1. The third-order valence-corrected chi connectivity index (χ3v) is 2.76. The summed E-state index contributed by atoms with van der Waals surface area (Å²) in [7, 11) is 1.51. The fourth-order valence-corrected chi connectivity index (χ4v) is 1.68. The van der Waals surface area contributed by atoms with Gasteiger partial charge in [0, 0.05) is 31.5 Å². The number of carbonyl (C=O) groups excluding carboxylic acids is 2. The van der Waals surface area contributed by atoms with Crippen molar-refractivity contribution in [3.05, 3.63) is 29.8 Å². The van der Waals surface area contributed by atoms with Gasteiger partial charge in [-0.25, -0.2) is 0 Å². The smallest absolute Gasteiger partial charge is 0.251 e. The highest BCUT2D eigenvalue weighted by atomic mass is 16.5. The van der Waals surface area contributed by atoms with Crippen LogP contribution in [0.15, 0.2) is 24.3 Å². The lowest BCUT2D eigenvalue weighted by Crippen LogP contribution is -2.28. The Morgan fingerprint density at radius 2 is 2.15 bits per heavy atom. The summed E-state index contributed by atoms with van der Waals surface area (Å²) in [5.41, 5.74) is 6.55. The van der Waals surface area contributed by atoms with Crippen molar-refractivity contribution < 1.29 is 14.3 Å². The normalized spacial score (nSPS) is 11.8. The minimum atomic E-state index is -0.304. The topological polar surface area (TPSA) is 93.5 Å². The molecule has 0 saturated carbocycles. The molecule has 1 rings (SSSR count). The lowest BCUT2D eigenvalue weighted by molar-refractivity contribution is -0.118. The van der Waals surface area contributed by atoms with Gasteiger partial charge in [-0.15, -0.1) is 0 Å². The number of nitrogens with two attached hydrogens (primary N) is 1. The zero-order valence-corrected chi connectivity index (χ0v) is 11.8. The molecule has 0 aromatic heterocycles. The molecule has 6 nitrogen and oxygen atoms in total. The first kappa shape index (κ1) is 16.1. The predicted molar refractivity (Wildman–Crippen MR) is 77.5 cm³/mol. The molecule has 110 valence electrons. The third-order valence-electron chi connectivity index (χ3n) is 2.76. The van der Waals surface area contributed by atoms with Crippen LogP contribution in [0.5, 0.6) is 0 Å². The average molecular weight is 279 g/mol. The summed E-state index contributed by atoms with van der Waals surface area (Å²) in [5.74, 6) is -0.365. The largest absolute Gasteiger partial charge is 0.380 e. The Bertz CT molecular complexity index is 459. The number of amides is 2. The number of anilines is 1. The molecule has 0 saturated heterocycles. The fraction of sp³-hybridized carbons (Fsp3) is 0.429. The van der Waals surface area contributed by atoms with Crippen molar-refractivity contribution in [1.29, 1.82) is 0 Å². The van der Waals surface area contributed by atoms with Gasteiger partial charge in [-0.3, -0.25) is 9.59 Å². The van der Waals surface area contributed by atoms with Gasteiger partial charge in [0.05, 0.1) is 12.5 Å². The zero-order valence-electron chi connectivity index (χ0n) is 11.8. The van der Waals surface area contributed by atoms with Gasteiger partial charge in [-0.1, -0.05) is 6.07 Å². The Balaban J connectivity index is 2.66. The first-order valence-electron chi connectivity index (χ1n) is 6.51. The molecule has 0 heterocycles. The Morgan fingerprint density at radius 1 is 1.40 bits per heavy atom. The van der Waals surface area contributed by atoms with E-state index in [4.69, 9.17) is 10.5 Å². The van der Waals surface area contributed by atoms with Gasteiger partial charge in [0.25, 0.3) is 5.91 Å². The molecule has 0 aliphatic carbocycles. The number of ether oxygens (including phenoxy) is 1. The molecular formula is C14H21N3O3. The quantitative estimate of drug-likeness (QED) is 0.686. The van der Waals surface area contributed by atoms with Gasteiger partial charge in [-0.05, 0) is 25.1 Å². The second-order valence-corrected chi connectivity index (χ2v) is 4.29. The van der Waals surface area contributed by atoms with Gasteiger partial charge < -0.3 is 21.1 Å². The van der Waals surface area contributed by atoms with Gasteiger partial charge >= 0.3 is 0 Å². The molecule has 6 heteroatoms. The van der Waals surface area contributed by atoms with E-state index in [-0.39, 0.29) is 30.9 Å². The molecule has 1 atom stereocenters. The molecule has 4 N–H and O–H groups in total. The highest BCUT2D eigenvalue weighted by Crippen LogP contribution is 2.11. The molecule has 20 heavy (non-hydrogen) atoms. The van der Waals surface area contributed by atoms with Crippen LogP contribution in [0.3, 0.4) is 0 Å². The highest BCUT2D eigenvalue weighted by Gasteiger charge is 2.12. The van der Waals surface area contributed by atoms with E-state index in [1.54, 1.807) is 24.3 Å². The van der Waals surface area contributed by atoms with Crippen molar-refractivity contribution in [1.82, 2.24) is 5.32 Å². The van der Waals surface area contributed by atoms with Crippen molar-refractivity contribution in [2.75, 3.05) is 25.5 Å². The van der Waals surface area contributed by atoms with E-state index in [2.05, 4.69) is 10.6 Å². The van der Waals surface area contributed by atoms with Crippen molar-refractivity contribution in [2.45, 2.75) is 19.4 Å². The maximum absolute atomic E-state index is 11.8. The van der Waals surface area contributed by atoms with Gasteiger partial charge in [0.1, 0.15) is 0 Å². The second-order valence-electron chi connectivity index (χ2n) is 4.29. The Morgan fingerprint density at radius 3 is 2.75 bits per heavy atom. The van der Waals surface area contributed by atoms with Crippen molar-refractivity contribution in [2.24, 2.45) is 5.73 Å². The molecule has 0 bridgehead atoms. The Hall–Kier alpha value is -1.92. The lowest BCUT2D eigenvalue weighted by atomic mass is 10.1. The van der Waals surface area contributed by atoms with E-state index < -0.39 is 0 Å². The maximum atomic E-state index is 11.8. The predicted octanol–water partition coefficient (Wildman–Crippen LogP) is 0.739. The van der Waals surface area contributed by atoms with Crippen LogP contribution in [0.4, 0.5) is 5.69 Å². The summed E-state index contributed by atoms with van der Waals surface area (Å²) in [4.78, 5) is 23.5. The molecule has 1 aromatic rings. The molecule has 0 fully saturated rings. The van der Waals surface area contributed by atoms with Gasteiger partial charge in [0.2, 0.25) is 5.91 Å². The molecule has 0 aliphatic heterocycles. The summed E-state index contributed by atoms with van der Waals surface area (Å²) in [6, 6.07) is 6.77. The summed E-state index contributed by atoms with van der Waals surface area (Å²) in [5, 5.41) is 5.43. The number of rotatable bonds is 7. The van der Waals surface area contributed by atoms with Crippen LogP contribution in [0.2, 0.25) is 0 Å². The third kappa shape index (κ3) is 4.99. The lowest BCUT2D eigenvalue weighted by Gasteiger charge is -2.13. The van der Waals surface area contributed by atoms with Crippen LogP contribution in [-0.4, -0.2) is 38.1 Å². The highest BCUT2D eigenvalue weighted by molar-refractivity contribution is 5.97.